The highest BCUT2D eigenvalue weighted by atomic mass is 32.1. The van der Waals surface area contributed by atoms with Crippen molar-refractivity contribution in [3.05, 3.63) is 57.6 Å². The van der Waals surface area contributed by atoms with Gasteiger partial charge in [0.15, 0.2) is 0 Å². The Morgan fingerprint density at radius 2 is 1.81 bits per heavy atom. The van der Waals surface area contributed by atoms with Gasteiger partial charge in [-0.3, -0.25) is 4.79 Å². The summed E-state index contributed by atoms with van der Waals surface area (Å²) in [5, 5.41) is 0.287. The standard InChI is InChI=1S/C20H17F3N2O5S/c1-28-18(27)12-8-11-13(24)16(31-17(11)25-14(12)19(29-2)30-3)15(26)9-5-4-6-10(7-9)20(21,22)23/h4-8,19H,24H2,1-3H3. The lowest BCUT2D eigenvalue weighted by Gasteiger charge is -2.15. The fraction of sp³-hybridized carbons (Fsp3) is 0.250. The lowest BCUT2D eigenvalue weighted by atomic mass is 10.0. The summed E-state index contributed by atoms with van der Waals surface area (Å²) in [4.78, 5) is 29.8. The molecule has 2 heterocycles. The van der Waals surface area contributed by atoms with Crippen LogP contribution in [0.4, 0.5) is 18.9 Å². The zero-order valence-electron chi connectivity index (χ0n) is 16.6. The molecule has 0 aliphatic carbocycles. The normalized spacial score (nSPS) is 11.8. The molecule has 7 nitrogen and oxygen atoms in total. The van der Waals surface area contributed by atoms with Crippen LogP contribution in [0.25, 0.3) is 10.2 Å². The van der Waals surface area contributed by atoms with Crippen LogP contribution in [0.5, 0.6) is 0 Å². The molecule has 0 atom stereocenters. The van der Waals surface area contributed by atoms with E-state index in [4.69, 9.17) is 19.9 Å². The number of hydrogen-bond acceptors (Lipinski definition) is 8. The van der Waals surface area contributed by atoms with Crippen LogP contribution in [0.15, 0.2) is 30.3 Å². The van der Waals surface area contributed by atoms with Crippen LogP contribution in [0.3, 0.4) is 0 Å². The molecular formula is C20H17F3N2O5S. The first-order valence-electron chi connectivity index (χ1n) is 8.71. The van der Waals surface area contributed by atoms with E-state index in [0.29, 0.717) is 0 Å². The summed E-state index contributed by atoms with van der Waals surface area (Å²) in [6.45, 7) is 0. The molecule has 164 valence electrons. The van der Waals surface area contributed by atoms with Crippen molar-refractivity contribution in [2.24, 2.45) is 0 Å². The fourth-order valence-electron chi connectivity index (χ4n) is 2.96. The zero-order chi connectivity index (χ0) is 22.9. The maximum atomic E-state index is 13.0. The minimum atomic E-state index is -4.59. The van der Waals surface area contributed by atoms with Crippen LogP contribution in [0.1, 0.15) is 43.1 Å². The van der Waals surface area contributed by atoms with Gasteiger partial charge in [0.05, 0.1) is 23.9 Å². The number of methoxy groups -OCH3 is 3. The van der Waals surface area contributed by atoms with Gasteiger partial charge in [0.25, 0.3) is 0 Å². The van der Waals surface area contributed by atoms with Crippen LogP contribution in [0, 0.1) is 0 Å². The van der Waals surface area contributed by atoms with Crippen LogP contribution in [-0.4, -0.2) is 38.1 Å². The van der Waals surface area contributed by atoms with Gasteiger partial charge in [-0.05, 0) is 18.2 Å². The van der Waals surface area contributed by atoms with Gasteiger partial charge in [-0.2, -0.15) is 13.2 Å². The molecule has 3 aromatic rings. The Labute approximate surface area is 178 Å². The third-order valence-electron chi connectivity index (χ3n) is 4.47. The molecule has 0 saturated heterocycles. The Hall–Kier alpha value is -3.02. The van der Waals surface area contributed by atoms with Gasteiger partial charge >= 0.3 is 12.1 Å². The number of rotatable bonds is 6. The molecule has 0 bridgehead atoms. The molecule has 0 spiro atoms. The van der Waals surface area contributed by atoms with Crippen molar-refractivity contribution in [3.63, 3.8) is 0 Å². The van der Waals surface area contributed by atoms with Crippen molar-refractivity contribution in [3.8, 4) is 0 Å². The van der Waals surface area contributed by atoms with Crippen LogP contribution >= 0.6 is 11.3 Å². The SMILES string of the molecule is COC(=O)c1cc2c(N)c(C(=O)c3cccc(C(F)(F)F)c3)sc2nc1C(OC)OC. The number of nitrogens with two attached hydrogens (primary N) is 1. The topological polar surface area (TPSA) is 101 Å². The third-order valence-corrected chi connectivity index (χ3v) is 5.58. The van der Waals surface area contributed by atoms with Crippen molar-refractivity contribution in [1.29, 1.82) is 0 Å². The molecule has 0 aliphatic rings. The average Bonchev–Trinajstić information content (AvgIpc) is 3.08. The second-order valence-corrected chi connectivity index (χ2v) is 7.32. The first kappa shape index (κ1) is 22.7. The molecule has 3 rings (SSSR count). The number of thiophene rings is 1. The highest BCUT2D eigenvalue weighted by Gasteiger charge is 2.32. The number of benzene rings is 1. The summed E-state index contributed by atoms with van der Waals surface area (Å²) in [5.74, 6) is -1.41. The predicted octanol–water partition coefficient (Wildman–Crippen LogP) is 4.21. The van der Waals surface area contributed by atoms with Gasteiger partial charge in [-0.25, -0.2) is 9.78 Å². The van der Waals surface area contributed by atoms with Crippen molar-refractivity contribution < 1.29 is 37.0 Å². The molecule has 2 N–H and O–H groups in total. The fourth-order valence-corrected chi connectivity index (χ4v) is 4.01. The van der Waals surface area contributed by atoms with E-state index in [-0.39, 0.29) is 37.6 Å². The Kier molecular flexibility index (Phi) is 6.30. The number of nitrogens with zero attached hydrogens (tertiary/aromatic N) is 1. The number of carbonyl (C=O) groups excluding carboxylic acids is 2. The number of ether oxygens (including phenoxy) is 3. The predicted molar refractivity (Wildman–Crippen MR) is 107 cm³/mol. The van der Waals surface area contributed by atoms with Crippen molar-refractivity contribution >= 4 is 39.0 Å². The smallest absolute Gasteiger partial charge is 0.416 e. The third kappa shape index (κ3) is 4.24. The number of ketones is 1. The number of aromatic nitrogens is 1. The first-order valence-corrected chi connectivity index (χ1v) is 9.52. The van der Waals surface area contributed by atoms with Gasteiger partial charge in [0.1, 0.15) is 15.4 Å². The van der Waals surface area contributed by atoms with Crippen LogP contribution in [-0.2, 0) is 20.4 Å². The molecule has 2 aromatic heterocycles. The van der Waals surface area contributed by atoms with E-state index in [9.17, 15) is 22.8 Å². The number of alkyl halides is 3. The van der Waals surface area contributed by atoms with E-state index in [1.54, 1.807) is 0 Å². The maximum Gasteiger partial charge on any atom is 0.416 e. The number of hydrogen-bond donors (Lipinski definition) is 1. The van der Waals surface area contributed by atoms with Gasteiger partial charge < -0.3 is 19.9 Å². The Bertz CT molecular complexity index is 1160. The average molecular weight is 454 g/mol. The van der Waals surface area contributed by atoms with Crippen molar-refractivity contribution in [2.45, 2.75) is 12.5 Å². The van der Waals surface area contributed by atoms with E-state index in [0.717, 1.165) is 29.5 Å². The minimum Gasteiger partial charge on any atom is -0.465 e. The molecule has 0 aliphatic heterocycles. The molecule has 31 heavy (non-hydrogen) atoms. The Balaban J connectivity index is 2.16. The van der Waals surface area contributed by atoms with E-state index >= 15 is 0 Å². The van der Waals surface area contributed by atoms with Crippen molar-refractivity contribution in [1.82, 2.24) is 4.98 Å². The number of fused-ring (bicyclic) bond motifs is 1. The Morgan fingerprint density at radius 3 is 2.39 bits per heavy atom. The molecule has 11 heteroatoms. The number of anilines is 1. The van der Waals surface area contributed by atoms with Gasteiger partial charge in [-0.15, -0.1) is 11.3 Å². The maximum absolute atomic E-state index is 13.0. The lowest BCUT2D eigenvalue weighted by Crippen LogP contribution is -2.14. The van der Waals surface area contributed by atoms with Gasteiger partial charge in [-0.1, -0.05) is 12.1 Å². The molecule has 1 aromatic carbocycles. The quantitative estimate of drug-likeness (QED) is 0.338. The highest BCUT2D eigenvalue weighted by Crippen LogP contribution is 2.37. The molecule has 0 unspecified atom stereocenters. The summed E-state index contributed by atoms with van der Waals surface area (Å²) in [6, 6.07) is 5.44. The first-order chi connectivity index (χ1) is 14.6. The Morgan fingerprint density at radius 1 is 1.13 bits per heavy atom. The van der Waals surface area contributed by atoms with Gasteiger partial charge in [0.2, 0.25) is 12.1 Å². The number of esters is 1. The van der Waals surface area contributed by atoms with Gasteiger partial charge in [0, 0.05) is 25.2 Å². The van der Waals surface area contributed by atoms with E-state index < -0.39 is 29.8 Å². The molecular weight excluding hydrogens is 437 g/mol. The second-order valence-electron chi connectivity index (χ2n) is 6.32. The molecule has 0 radical (unpaired) electrons. The number of pyridine rings is 1. The molecule has 0 fully saturated rings. The van der Waals surface area contributed by atoms with E-state index in [2.05, 4.69) is 4.98 Å². The monoisotopic (exact) mass is 454 g/mol. The molecule has 0 amide bonds. The minimum absolute atomic E-state index is 0.00109. The largest absolute Gasteiger partial charge is 0.465 e. The van der Waals surface area contributed by atoms with Crippen molar-refractivity contribution in [2.75, 3.05) is 27.1 Å². The van der Waals surface area contributed by atoms with E-state index in [1.165, 1.54) is 33.5 Å². The highest BCUT2D eigenvalue weighted by molar-refractivity contribution is 7.21. The zero-order valence-corrected chi connectivity index (χ0v) is 17.4. The summed E-state index contributed by atoms with van der Waals surface area (Å²) in [7, 11) is 3.89. The summed E-state index contributed by atoms with van der Waals surface area (Å²) >= 11 is 0.891. The summed E-state index contributed by atoms with van der Waals surface area (Å²) in [6.07, 6.45) is -5.59. The van der Waals surface area contributed by atoms with Crippen LogP contribution in [0.2, 0.25) is 0 Å². The van der Waals surface area contributed by atoms with E-state index in [1.807, 2.05) is 0 Å². The molecule has 0 saturated carbocycles. The number of halogens is 3. The van der Waals surface area contributed by atoms with Crippen LogP contribution < -0.4 is 5.73 Å². The number of nitrogen functional groups attached to an aromatic ring is 1. The second kappa shape index (κ2) is 8.61. The summed E-state index contributed by atoms with van der Waals surface area (Å²) < 4.78 is 54.2. The lowest BCUT2D eigenvalue weighted by molar-refractivity contribution is -0.137. The number of carbonyl (C=O) groups is 2. The summed E-state index contributed by atoms with van der Waals surface area (Å²) in [5.41, 5.74) is 5.13.